The van der Waals surface area contributed by atoms with Gasteiger partial charge in [-0.25, -0.2) is 0 Å². The van der Waals surface area contributed by atoms with E-state index in [9.17, 15) is 4.79 Å². The van der Waals surface area contributed by atoms with Gasteiger partial charge in [0.05, 0.1) is 14.2 Å². The van der Waals surface area contributed by atoms with E-state index in [0.717, 1.165) is 11.4 Å². The molecule has 0 spiro atoms. The first-order valence-corrected chi connectivity index (χ1v) is 8.63. The summed E-state index contributed by atoms with van der Waals surface area (Å²) in [7, 11) is 3.03. The topological polar surface area (TPSA) is 59.6 Å². The van der Waals surface area contributed by atoms with Gasteiger partial charge >= 0.3 is 0 Å². The van der Waals surface area contributed by atoms with E-state index in [4.69, 9.17) is 21.1 Å². The Hall–Kier alpha value is -3.18. The average Bonchev–Trinajstić information content (AvgIpc) is 2.70. The molecule has 0 aliphatic rings. The van der Waals surface area contributed by atoms with Crippen molar-refractivity contribution in [2.45, 2.75) is 0 Å². The Kier molecular flexibility index (Phi) is 5.84. The van der Waals surface area contributed by atoms with Gasteiger partial charge < -0.3 is 20.1 Å². The van der Waals surface area contributed by atoms with Crippen molar-refractivity contribution in [1.29, 1.82) is 0 Å². The number of benzene rings is 3. The van der Waals surface area contributed by atoms with Gasteiger partial charge in [0.25, 0.3) is 5.91 Å². The van der Waals surface area contributed by atoms with Crippen LogP contribution in [-0.4, -0.2) is 20.1 Å². The third-order valence-corrected chi connectivity index (χ3v) is 4.18. The molecule has 3 aromatic carbocycles. The maximum absolute atomic E-state index is 12.7. The molecule has 0 saturated heterocycles. The molecule has 0 aliphatic carbocycles. The van der Waals surface area contributed by atoms with E-state index in [1.54, 1.807) is 18.2 Å². The van der Waals surface area contributed by atoms with Crippen LogP contribution in [0.3, 0.4) is 0 Å². The number of hydrogen-bond donors (Lipinski definition) is 2. The van der Waals surface area contributed by atoms with Crippen LogP contribution in [0.2, 0.25) is 5.02 Å². The summed E-state index contributed by atoms with van der Waals surface area (Å²) >= 11 is 5.89. The highest BCUT2D eigenvalue weighted by molar-refractivity contribution is 6.30. The minimum Gasteiger partial charge on any atom is -0.496 e. The summed E-state index contributed by atoms with van der Waals surface area (Å²) in [6.45, 7) is 0. The molecule has 0 aromatic heterocycles. The highest BCUT2D eigenvalue weighted by atomic mass is 35.5. The van der Waals surface area contributed by atoms with Crippen molar-refractivity contribution in [3.8, 4) is 11.5 Å². The van der Waals surface area contributed by atoms with E-state index in [0.29, 0.717) is 27.8 Å². The fourth-order valence-corrected chi connectivity index (χ4v) is 2.73. The number of hydrogen-bond acceptors (Lipinski definition) is 4. The first-order valence-electron chi connectivity index (χ1n) is 8.25. The van der Waals surface area contributed by atoms with Gasteiger partial charge in [-0.05, 0) is 60.7 Å². The number of methoxy groups -OCH3 is 2. The van der Waals surface area contributed by atoms with Crippen LogP contribution in [0.1, 0.15) is 10.4 Å². The van der Waals surface area contributed by atoms with Crippen LogP contribution < -0.4 is 20.1 Å². The number of amides is 1. The smallest absolute Gasteiger partial charge is 0.263 e. The number of halogens is 1. The van der Waals surface area contributed by atoms with Gasteiger partial charge in [0.15, 0.2) is 0 Å². The molecule has 1 amide bonds. The molecule has 3 rings (SSSR count). The quantitative estimate of drug-likeness (QED) is 0.603. The molecule has 0 heterocycles. The zero-order valence-corrected chi connectivity index (χ0v) is 15.7. The lowest BCUT2D eigenvalue weighted by molar-refractivity contribution is 0.102. The Morgan fingerprint density at radius 1 is 0.778 bits per heavy atom. The van der Waals surface area contributed by atoms with Crippen molar-refractivity contribution in [1.82, 2.24) is 0 Å². The normalized spacial score (nSPS) is 10.2. The lowest BCUT2D eigenvalue weighted by atomic mass is 10.1. The lowest BCUT2D eigenvalue weighted by Crippen LogP contribution is -2.14. The minimum absolute atomic E-state index is 0.303. The van der Waals surface area contributed by atoms with Crippen molar-refractivity contribution >= 4 is 34.6 Å². The van der Waals surface area contributed by atoms with Crippen LogP contribution in [0.5, 0.6) is 11.5 Å². The number of anilines is 3. The van der Waals surface area contributed by atoms with Gasteiger partial charge in [-0.3, -0.25) is 4.79 Å². The van der Waals surface area contributed by atoms with Crippen molar-refractivity contribution in [3.63, 3.8) is 0 Å². The predicted octanol–water partition coefficient (Wildman–Crippen LogP) is 5.35. The molecule has 138 valence electrons. The van der Waals surface area contributed by atoms with Gasteiger partial charge in [0.1, 0.15) is 17.1 Å². The summed E-state index contributed by atoms with van der Waals surface area (Å²) in [5.41, 5.74) is 2.83. The summed E-state index contributed by atoms with van der Waals surface area (Å²) in [5, 5.41) is 6.82. The molecule has 0 unspecified atom stereocenters. The maximum Gasteiger partial charge on any atom is 0.263 e. The second kappa shape index (κ2) is 8.47. The lowest BCUT2D eigenvalue weighted by Gasteiger charge is -2.13. The molecule has 0 bridgehead atoms. The van der Waals surface area contributed by atoms with E-state index in [-0.39, 0.29) is 5.91 Å². The molecular formula is C21H19ClN2O3. The molecule has 5 nitrogen and oxygen atoms in total. The molecule has 0 radical (unpaired) electrons. The van der Waals surface area contributed by atoms with E-state index in [1.807, 2.05) is 48.5 Å². The molecule has 3 aromatic rings. The number of carbonyl (C=O) groups is 1. The fourth-order valence-electron chi connectivity index (χ4n) is 2.61. The summed E-state index contributed by atoms with van der Waals surface area (Å²) in [6.07, 6.45) is 0. The molecular weight excluding hydrogens is 364 g/mol. The maximum atomic E-state index is 12.7. The van der Waals surface area contributed by atoms with Crippen LogP contribution in [0.4, 0.5) is 17.1 Å². The summed E-state index contributed by atoms with van der Waals surface area (Å²) in [4.78, 5) is 12.7. The summed E-state index contributed by atoms with van der Waals surface area (Å²) in [6, 6.07) is 20.0. The van der Waals surface area contributed by atoms with Gasteiger partial charge in [0, 0.05) is 22.1 Å². The van der Waals surface area contributed by atoms with Gasteiger partial charge in [-0.2, -0.15) is 0 Å². The van der Waals surface area contributed by atoms with Gasteiger partial charge in [-0.1, -0.05) is 17.7 Å². The monoisotopic (exact) mass is 382 g/mol. The Bertz CT molecular complexity index is 903. The third-order valence-electron chi connectivity index (χ3n) is 3.93. The second-order valence-corrected chi connectivity index (χ2v) is 6.14. The number of ether oxygens (including phenoxy) is 2. The zero-order valence-electron chi connectivity index (χ0n) is 15.0. The second-order valence-electron chi connectivity index (χ2n) is 5.70. The largest absolute Gasteiger partial charge is 0.496 e. The summed E-state index contributed by atoms with van der Waals surface area (Å²) in [5.74, 6) is 0.600. The number of carbonyl (C=O) groups excluding carboxylic acids is 1. The van der Waals surface area contributed by atoms with Crippen molar-refractivity contribution in [3.05, 3.63) is 77.3 Å². The predicted molar refractivity (Wildman–Crippen MR) is 109 cm³/mol. The van der Waals surface area contributed by atoms with E-state index in [2.05, 4.69) is 10.6 Å². The summed E-state index contributed by atoms with van der Waals surface area (Å²) < 4.78 is 10.6. The number of rotatable bonds is 6. The fraction of sp³-hybridized carbons (Fsp3) is 0.0952. The molecule has 0 fully saturated rings. The van der Waals surface area contributed by atoms with Crippen LogP contribution in [0.25, 0.3) is 0 Å². The number of nitrogens with one attached hydrogen (secondary N) is 2. The molecule has 27 heavy (non-hydrogen) atoms. The SMILES string of the molecule is COc1cccc(OC)c1C(=O)Nc1ccc(Nc2ccc(Cl)cc2)cc1. The Morgan fingerprint density at radius 3 is 1.78 bits per heavy atom. The molecule has 0 saturated carbocycles. The first-order chi connectivity index (χ1) is 13.1. The molecule has 2 N–H and O–H groups in total. The minimum atomic E-state index is -0.303. The van der Waals surface area contributed by atoms with Crippen LogP contribution in [0, 0.1) is 0 Å². The molecule has 0 aliphatic heterocycles. The Morgan fingerprint density at radius 2 is 1.26 bits per heavy atom. The zero-order chi connectivity index (χ0) is 19.2. The Labute approximate surface area is 162 Å². The van der Waals surface area contributed by atoms with Crippen molar-refractivity contribution in [2.75, 3.05) is 24.9 Å². The first kappa shape index (κ1) is 18.6. The highest BCUT2D eigenvalue weighted by Crippen LogP contribution is 2.29. The van der Waals surface area contributed by atoms with E-state index < -0.39 is 0 Å². The van der Waals surface area contributed by atoms with E-state index >= 15 is 0 Å². The third kappa shape index (κ3) is 4.51. The highest BCUT2D eigenvalue weighted by Gasteiger charge is 2.18. The van der Waals surface area contributed by atoms with Crippen LogP contribution in [0.15, 0.2) is 66.7 Å². The van der Waals surface area contributed by atoms with E-state index in [1.165, 1.54) is 14.2 Å². The standard InChI is InChI=1S/C21H19ClN2O3/c1-26-18-4-3-5-19(27-2)20(18)21(25)24-17-12-10-16(11-13-17)23-15-8-6-14(22)7-9-15/h3-13,23H,1-2H3,(H,24,25). The molecule has 6 heteroatoms. The van der Waals surface area contributed by atoms with Crippen LogP contribution in [-0.2, 0) is 0 Å². The van der Waals surface area contributed by atoms with Crippen molar-refractivity contribution in [2.24, 2.45) is 0 Å². The van der Waals surface area contributed by atoms with Crippen LogP contribution >= 0.6 is 11.6 Å². The van der Waals surface area contributed by atoms with Gasteiger partial charge in [-0.15, -0.1) is 0 Å². The van der Waals surface area contributed by atoms with Crippen molar-refractivity contribution < 1.29 is 14.3 Å². The Balaban J connectivity index is 1.73. The molecule has 0 atom stereocenters. The van der Waals surface area contributed by atoms with Gasteiger partial charge in [0.2, 0.25) is 0 Å². The average molecular weight is 383 g/mol.